The molecule has 2 heterocycles. The summed E-state index contributed by atoms with van der Waals surface area (Å²) in [6.45, 7) is 0.212. The number of fused-ring (bicyclic) bond motifs is 3. The minimum Gasteiger partial charge on any atom is -0.486 e. The smallest absolute Gasteiger partial charge is 0.486 e. The van der Waals surface area contributed by atoms with Crippen molar-refractivity contribution < 1.29 is 36.6 Å². The molecule has 2 unspecified atom stereocenters. The van der Waals surface area contributed by atoms with Crippen LogP contribution in [0.25, 0.3) is 0 Å². The van der Waals surface area contributed by atoms with Crippen molar-refractivity contribution in [1.29, 1.82) is 0 Å². The molecule has 2 aliphatic rings. The fraction of sp³-hybridized carbons (Fsp3) is 0.231. The number of rotatable bonds is 4. The van der Waals surface area contributed by atoms with E-state index < -0.39 is 30.2 Å². The number of nitrogens with zero attached hydrogens (tertiary/aromatic N) is 2. The van der Waals surface area contributed by atoms with E-state index in [4.69, 9.17) is 4.74 Å². The van der Waals surface area contributed by atoms with Crippen molar-refractivity contribution in [3.05, 3.63) is 89.7 Å². The predicted octanol–water partition coefficient (Wildman–Crippen LogP) is 4.93. The Morgan fingerprint density at radius 3 is 2.39 bits per heavy atom. The third-order valence-electron chi connectivity index (χ3n) is 6.11. The number of hydrogen-bond donors (Lipinski definition) is 0. The Bertz CT molecular complexity index is 1280. The summed E-state index contributed by atoms with van der Waals surface area (Å²) in [7, 11) is 0. The van der Waals surface area contributed by atoms with E-state index in [-0.39, 0.29) is 36.7 Å². The molecule has 0 saturated carbocycles. The van der Waals surface area contributed by atoms with Crippen LogP contribution in [0.3, 0.4) is 0 Å². The van der Waals surface area contributed by atoms with E-state index in [1.807, 2.05) is 0 Å². The first-order valence-corrected chi connectivity index (χ1v) is 11.2. The van der Waals surface area contributed by atoms with Crippen LogP contribution in [0.2, 0.25) is 0 Å². The molecule has 2 aliphatic heterocycles. The van der Waals surface area contributed by atoms with Gasteiger partial charge in [-0.2, -0.15) is 0 Å². The molecule has 0 aromatic heterocycles. The molecule has 2 amide bonds. The summed E-state index contributed by atoms with van der Waals surface area (Å²) in [5.41, 5.74) is 1.29. The number of ether oxygens (including phenoxy) is 2. The van der Waals surface area contributed by atoms with Crippen LogP contribution in [0.4, 0.5) is 23.2 Å². The third-order valence-corrected chi connectivity index (χ3v) is 6.11. The maximum atomic E-state index is 13.8. The van der Waals surface area contributed by atoms with Gasteiger partial charge in [-0.1, -0.05) is 24.3 Å². The van der Waals surface area contributed by atoms with Gasteiger partial charge in [-0.15, -0.1) is 13.2 Å². The summed E-state index contributed by atoms with van der Waals surface area (Å²) in [6, 6.07) is 16.4. The number of benzene rings is 3. The molecule has 36 heavy (non-hydrogen) atoms. The van der Waals surface area contributed by atoms with Gasteiger partial charge in [0.15, 0.2) is 0 Å². The van der Waals surface area contributed by atoms with Gasteiger partial charge in [-0.3, -0.25) is 9.59 Å². The lowest BCUT2D eigenvalue weighted by Gasteiger charge is -2.32. The number of likely N-dealkylation sites (tertiary alicyclic amines) is 1. The summed E-state index contributed by atoms with van der Waals surface area (Å²) in [5, 5.41) is 0. The summed E-state index contributed by atoms with van der Waals surface area (Å²) >= 11 is 0. The topological polar surface area (TPSA) is 59.1 Å². The van der Waals surface area contributed by atoms with E-state index in [9.17, 15) is 27.2 Å². The Morgan fingerprint density at radius 2 is 1.69 bits per heavy atom. The number of anilines is 1. The second-order valence-electron chi connectivity index (χ2n) is 8.54. The first-order chi connectivity index (χ1) is 17.2. The number of para-hydroxylation sites is 2. The molecular weight excluding hydrogens is 480 g/mol. The second-order valence-corrected chi connectivity index (χ2v) is 8.54. The maximum Gasteiger partial charge on any atom is 0.573 e. The van der Waals surface area contributed by atoms with Gasteiger partial charge in [0, 0.05) is 12.0 Å². The van der Waals surface area contributed by atoms with Crippen molar-refractivity contribution in [2.24, 2.45) is 0 Å². The lowest BCUT2D eigenvalue weighted by molar-refractivity contribution is -0.274. The van der Waals surface area contributed by atoms with Crippen LogP contribution in [0.5, 0.6) is 11.5 Å². The molecule has 1 saturated heterocycles. The average Bonchev–Trinajstić information content (AvgIpc) is 3.27. The average molecular weight is 500 g/mol. The largest absolute Gasteiger partial charge is 0.573 e. The van der Waals surface area contributed by atoms with E-state index >= 15 is 0 Å². The summed E-state index contributed by atoms with van der Waals surface area (Å²) in [4.78, 5) is 29.9. The van der Waals surface area contributed by atoms with Crippen LogP contribution in [0, 0.1) is 5.82 Å². The number of halogens is 4. The third kappa shape index (κ3) is 4.84. The van der Waals surface area contributed by atoms with E-state index in [1.165, 1.54) is 58.3 Å². The maximum absolute atomic E-state index is 13.8. The highest BCUT2D eigenvalue weighted by Crippen LogP contribution is 2.37. The molecule has 10 heteroatoms. The Kier molecular flexibility index (Phi) is 6.03. The van der Waals surface area contributed by atoms with Crippen LogP contribution in [0.1, 0.15) is 22.3 Å². The van der Waals surface area contributed by atoms with Gasteiger partial charge in [-0.25, -0.2) is 4.39 Å². The van der Waals surface area contributed by atoms with Crippen molar-refractivity contribution in [2.45, 2.75) is 31.5 Å². The van der Waals surface area contributed by atoms with E-state index in [1.54, 1.807) is 24.3 Å². The number of hydrogen-bond acceptors (Lipinski definition) is 4. The van der Waals surface area contributed by atoms with Gasteiger partial charge >= 0.3 is 6.36 Å². The molecule has 6 nitrogen and oxygen atoms in total. The predicted molar refractivity (Wildman–Crippen MR) is 121 cm³/mol. The summed E-state index contributed by atoms with van der Waals surface area (Å²) in [6.07, 6.45) is -4.95. The minimum atomic E-state index is -4.81. The molecule has 186 valence electrons. The zero-order chi connectivity index (χ0) is 25.4. The van der Waals surface area contributed by atoms with Crippen LogP contribution < -0.4 is 14.4 Å². The van der Waals surface area contributed by atoms with E-state index in [2.05, 4.69) is 4.74 Å². The Balaban J connectivity index is 1.45. The number of amides is 2. The Labute approximate surface area is 203 Å². The molecule has 0 aliphatic carbocycles. The summed E-state index contributed by atoms with van der Waals surface area (Å²) < 4.78 is 61.0. The van der Waals surface area contributed by atoms with Crippen molar-refractivity contribution in [1.82, 2.24) is 4.90 Å². The highest BCUT2D eigenvalue weighted by atomic mass is 19.4. The second kappa shape index (κ2) is 9.18. The lowest BCUT2D eigenvalue weighted by atomic mass is 10.1. The highest BCUT2D eigenvalue weighted by molar-refractivity contribution is 6.03. The zero-order valence-corrected chi connectivity index (χ0v) is 18.7. The van der Waals surface area contributed by atoms with Gasteiger partial charge in [0.1, 0.15) is 29.5 Å². The normalized spacial score (nSPS) is 19.3. The number of alkyl halides is 3. The van der Waals surface area contributed by atoms with Crippen LogP contribution >= 0.6 is 0 Å². The minimum absolute atomic E-state index is 0.0330. The van der Waals surface area contributed by atoms with Crippen molar-refractivity contribution >= 4 is 17.5 Å². The molecule has 0 radical (unpaired) electrons. The fourth-order valence-corrected chi connectivity index (χ4v) is 4.50. The standard InChI is InChI=1S/C26H20F4N2O4/c27-18-9-7-17(8-10-18)24(33)32-15-20-13-22(32)25(34)31(21-3-1-2-4-23(21)35-20)14-16-5-11-19(12-6-16)36-26(28,29)30/h1-12,20,22H,13-15H2. The highest BCUT2D eigenvalue weighted by Gasteiger charge is 2.45. The monoisotopic (exact) mass is 500 g/mol. The van der Waals surface area contributed by atoms with Gasteiger partial charge < -0.3 is 19.3 Å². The van der Waals surface area contributed by atoms with E-state index in [0.717, 1.165) is 0 Å². The van der Waals surface area contributed by atoms with Crippen molar-refractivity contribution in [3.63, 3.8) is 0 Å². The van der Waals surface area contributed by atoms with Crippen molar-refractivity contribution in [2.75, 3.05) is 11.4 Å². The van der Waals surface area contributed by atoms with Crippen LogP contribution in [0.15, 0.2) is 72.8 Å². The van der Waals surface area contributed by atoms with Crippen LogP contribution in [-0.2, 0) is 11.3 Å². The van der Waals surface area contributed by atoms with Crippen LogP contribution in [-0.4, -0.2) is 41.8 Å². The zero-order valence-electron chi connectivity index (χ0n) is 18.7. The number of carbonyl (C=O) groups is 2. The first-order valence-electron chi connectivity index (χ1n) is 11.2. The molecule has 1 fully saturated rings. The molecule has 3 aromatic carbocycles. The molecule has 2 bridgehead atoms. The van der Waals surface area contributed by atoms with Gasteiger partial charge in [0.25, 0.3) is 5.91 Å². The summed E-state index contributed by atoms with van der Waals surface area (Å²) in [5.74, 6) is -1.16. The number of carbonyl (C=O) groups excluding carboxylic acids is 2. The Hall–Kier alpha value is -4.08. The molecule has 0 spiro atoms. The quantitative estimate of drug-likeness (QED) is 0.477. The van der Waals surface area contributed by atoms with Gasteiger partial charge in [0.2, 0.25) is 5.91 Å². The SMILES string of the molecule is O=C1C2CC(CN2C(=O)c2ccc(F)cc2)Oc2ccccc2N1Cc1ccc(OC(F)(F)F)cc1. The molecule has 2 atom stereocenters. The van der Waals surface area contributed by atoms with E-state index in [0.29, 0.717) is 17.0 Å². The van der Waals surface area contributed by atoms with Gasteiger partial charge in [0.05, 0.1) is 18.8 Å². The van der Waals surface area contributed by atoms with Gasteiger partial charge in [-0.05, 0) is 54.1 Å². The molecule has 0 N–H and O–H groups in total. The van der Waals surface area contributed by atoms with Crippen molar-refractivity contribution in [3.8, 4) is 11.5 Å². The fourth-order valence-electron chi connectivity index (χ4n) is 4.50. The first kappa shape index (κ1) is 23.7. The molecule has 5 rings (SSSR count). The lowest BCUT2D eigenvalue weighted by Crippen LogP contribution is -2.47. The molecule has 3 aromatic rings. The molecular formula is C26H20F4N2O4. The Morgan fingerprint density at radius 1 is 1.00 bits per heavy atom.